The van der Waals surface area contributed by atoms with Gasteiger partial charge in [-0.1, -0.05) is 170 Å². The van der Waals surface area contributed by atoms with Gasteiger partial charge in [0.2, 0.25) is 0 Å². The van der Waals surface area contributed by atoms with E-state index in [4.69, 9.17) is 0 Å². The van der Waals surface area contributed by atoms with Gasteiger partial charge in [-0.15, -0.1) is 11.3 Å². The normalized spacial score (nSPS) is 11.6. The van der Waals surface area contributed by atoms with Crippen molar-refractivity contribution in [1.82, 2.24) is 4.57 Å². The SMILES string of the molecule is c1cc(-c2cccc3ccccc23)cc(N(c2ccc(-c3ccc(-c4ccccc4-n4c5ccccc5c5ccccc54)cc3)cc2)c2cccc3sc4ccccc4c23)c1. The van der Waals surface area contributed by atoms with Gasteiger partial charge in [-0.05, 0) is 99.3 Å². The lowest BCUT2D eigenvalue weighted by molar-refractivity contribution is 1.18. The number of aromatic nitrogens is 1. The molecule has 61 heavy (non-hydrogen) atoms. The monoisotopic (exact) mass is 794 g/mol. The minimum Gasteiger partial charge on any atom is -0.310 e. The topological polar surface area (TPSA) is 8.17 Å². The van der Waals surface area contributed by atoms with E-state index in [0.29, 0.717) is 0 Å². The Morgan fingerprint density at radius 3 is 1.69 bits per heavy atom. The average molecular weight is 795 g/mol. The Labute approximate surface area is 358 Å². The quantitative estimate of drug-likeness (QED) is 0.156. The van der Waals surface area contributed by atoms with Crippen LogP contribution in [-0.2, 0) is 0 Å². The van der Waals surface area contributed by atoms with E-state index in [2.05, 4.69) is 240 Å². The molecular weight excluding hydrogens is 757 g/mol. The highest BCUT2D eigenvalue weighted by atomic mass is 32.1. The maximum absolute atomic E-state index is 2.44. The third-order valence-corrected chi connectivity index (χ3v) is 13.3. The molecule has 2 nitrogen and oxygen atoms in total. The van der Waals surface area contributed by atoms with Gasteiger partial charge in [0.25, 0.3) is 0 Å². The fourth-order valence-corrected chi connectivity index (χ4v) is 10.5. The highest BCUT2D eigenvalue weighted by Crippen LogP contribution is 2.46. The number of rotatable bonds is 7. The molecular formula is C58H38N2S. The van der Waals surface area contributed by atoms with Crippen molar-refractivity contribution in [2.45, 2.75) is 0 Å². The molecule has 0 unspecified atom stereocenters. The first kappa shape index (κ1) is 35.2. The van der Waals surface area contributed by atoms with E-state index in [1.807, 2.05) is 11.3 Å². The molecule has 2 aromatic heterocycles. The van der Waals surface area contributed by atoms with Gasteiger partial charge in [-0.3, -0.25) is 0 Å². The number of para-hydroxylation sites is 3. The summed E-state index contributed by atoms with van der Waals surface area (Å²) in [4.78, 5) is 2.44. The fourth-order valence-electron chi connectivity index (χ4n) is 9.40. The van der Waals surface area contributed by atoms with Crippen LogP contribution in [0.4, 0.5) is 17.1 Å². The summed E-state index contributed by atoms with van der Waals surface area (Å²) >= 11 is 1.86. The van der Waals surface area contributed by atoms with Crippen molar-refractivity contribution in [2.75, 3.05) is 4.90 Å². The molecule has 0 aliphatic heterocycles. The zero-order valence-corrected chi connectivity index (χ0v) is 34.1. The molecule has 10 aromatic carbocycles. The first-order valence-electron chi connectivity index (χ1n) is 20.8. The molecule has 12 aromatic rings. The molecule has 0 saturated carbocycles. The molecule has 0 bridgehead atoms. The number of hydrogen-bond donors (Lipinski definition) is 0. The van der Waals surface area contributed by atoms with Gasteiger partial charge in [0, 0.05) is 47.9 Å². The maximum atomic E-state index is 2.44. The molecule has 286 valence electrons. The predicted octanol–water partition coefficient (Wildman–Crippen LogP) is 16.8. The molecule has 0 fully saturated rings. The Balaban J connectivity index is 0.944. The van der Waals surface area contributed by atoms with Gasteiger partial charge in [-0.2, -0.15) is 0 Å². The van der Waals surface area contributed by atoms with Crippen LogP contribution in [0, 0.1) is 0 Å². The van der Waals surface area contributed by atoms with Crippen LogP contribution >= 0.6 is 11.3 Å². The summed E-state index contributed by atoms with van der Waals surface area (Å²) in [5, 5.41) is 7.59. The van der Waals surface area contributed by atoms with E-state index in [0.717, 1.165) is 11.4 Å². The van der Waals surface area contributed by atoms with Crippen molar-refractivity contribution in [3.8, 4) is 39.1 Å². The smallest absolute Gasteiger partial charge is 0.0554 e. The second-order valence-corrected chi connectivity index (χ2v) is 16.8. The van der Waals surface area contributed by atoms with Crippen molar-refractivity contribution in [1.29, 1.82) is 0 Å². The number of anilines is 3. The summed E-state index contributed by atoms with van der Waals surface area (Å²) in [6.45, 7) is 0. The van der Waals surface area contributed by atoms with Crippen LogP contribution in [0.3, 0.4) is 0 Å². The van der Waals surface area contributed by atoms with Gasteiger partial charge in [0.15, 0.2) is 0 Å². The van der Waals surface area contributed by atoms with E-state index in [1.54, 1.807) is 0 Å². The second-order valence-electron chi connectivity index (χ2n) is 15.7. The lowest BCUT2D eigenvalue weighted by atomic mass is 9.97. The molecule has 0 atom stereocenters. The molecule has 0 radical (unpaired) electrons. The van der Waals surface area contributed by atoms with Gasteiger partial charge in [0.1, 0.15) is 0 Å². The molecule has 0 amide bonds. The predicted molar refractivity (Wildman–Crippen MR) is 262 cm³/mol. The minimum atomic E-state index is 1.11. The Kier molecular flexibility index (Phi) is 8.39. The third-order valence-electron chi connectivity index (χ3n) is 12.2. The van der Waals surface area contributed by atoms with Crippen LogP contribution < -0.4 is 4.90 Å². The van der Waals surface area contributed by atoms with Crippen LogP contribution in [0.15, 0.2) is 231 Å². The van der Waals surface area contributed by atoms with Crippen LogP contribution in [-0.4, -0.2) is 4.57 Å². The Bertz CT molecular complexity index is 3530. The van der Waals surface area contributed by atoms with Crippen LogP contribution in [0.25, 0.3) is 91.8 Å². The van der Waals surface area contributed by atoms with E-state index in [1.165, 1.54) is 97.5 Å². The van der Waals surface area contributed by atoms with Crippen LogP contribution in [0.5, 0.6) is 0 Å². The fraction of sp³-hybridized carbons (Fsp3) is 0. The Hall–Kier alpha value is -7.72. The highest BCUT2D eigenvalue weighted by molar-refractivity contribution is 7.26. The van der Waals surface area contributed by atoms with E-state index in [9.17, 15) is 0 Å². The van der Waals surface area contributed by atoms with Crippen molar-refractivity contribution >= 4 is 81.1 Å². The third kappa shape index (κ3) is 5.93. The first-order valence-corrected chi connectivity index (χ1v) is 21.7. The van der Waals surface area contributed by atoms with E-state index in [-0.39, 0.29) is 0 Å². The molecule has 0 spiro atoms. The second kappa shape index (κ2) is 14.5. The number of fused-ring (bicyclic) bond motifs is 7. The minimum absolute atomic E-state index is 1.11. The van der Waals surface area contributed by atoms with Crippen molar-refractivity contribution in [3.63, 3.8) is 0 Å². The molecule has 0 saturated heterocycles. The molecule has 0 aliphatic carbocycles. The van der Waals surface area contributed by atoms with Gasteiger partial charge in [0.05, 0.1) is 22.4 Å². The highest BCUT2D eigenvalue weighted by Gasteiger charge is 2.20. The number of thiophene rings is 1. The van der Waals surface area contributed by atoms with E-state index >= 15 is 0 Å². The Morgan fingerprint density at radius 1 is 0.344 bits per heavy atom. The maximum Gasteiger partial charge on any atom is 0.0554 e. The zero-order valence-electron chi connectivity index (χ0n) is 33.2. The summed E-state index contributed by atoms with van der Waals surface area (Å²) in [5.74, 6) is 0. The van der Waals surface area contributed by atoms with Crippen LogP contribution in [0.1, 0.15) is 0 Å². The Morgan fingerprint density at radius 2 is 0.902 bits per heavy atom. The molecule has 12 rings (SSSR count). The summed E-state index contributed by atoms with van der Waals surface area (Å²) in [5.41, 5.74) is 14.2. The molecule has 3 heteroatoms. The lowest BCUT2D eigenvalue weighted by Crippen LogP contribution is -2.10. The number of benzene rings is 10. The van der Waals surface area contributed by atoms with Crippen LogP contribution in [0.2, 0.25) is 0 Å². The lowest BCUT2D eigenvalue weighted by Gasteiger charge is -2.27. The first-order chi connectivity index (χ1) is 30.3. The molecule has 2 heterocycles. The van der Waals surface area contributed by atoms with E-state index < -0.39 is 0 Å². The summed E-state index contributed by atoms with van der Waals surface area (Å²) in [6.07, 6.45) is 0. The summed E-state index contributed by atoms with van der Waals surface area (Å²) in [7, 11) is 0. The standard InChI is InChI=1S/C58H38N2S/c1-2-18-46-41(14-1)15-12-23-47(46)43-16-11-17-45(38-43)59(55-27-13-29-57-58(55)51-22-6-10-28-56(51)61-57)44-36-34-40(35-37-44)39-30-32-42(33-31-39)48-19-3-7-24-52(48)60-53-25-8-4-20-49(53)50-21-5-9-26-54(50)60/h1-38H. The zero-order chi connectivity index (χ0) is 40.3. The number of nitrogens with zero attached hydrogens (tertiary/aromatic N) is 2. The molecule has 0 aliphatic rings. The van der Waals surface area contributed by atoms with Gasteiger partial charge in [-0.25, -0.2) is 0 Å². The average Bonchev–Trinajstić information content (AvgIpc) is 3.88. The van der Waals surface area contributed by atoms with Crippen molar-refractivity contribution < 1.29 is 0 Å². The van der Waals surface area contributed by atoms with Gasteiger partial charge >= 0.3 is 0 Å². The summed E-state index contributed by atoms with van der Waals surface area (Å²) in [6, 6.07) is 84.1. The summed E-state index contributed by atoms with van der Waals surface area (Å²) < 4.78 is 4.99. The molecule has 0 N–H and O–H groups in total. The van der Waals surface area contributed by atoms with Crippen molar-refractivity contribution in [3.05, 3.63) is 231 Å². The largest absolute Gasteiger partial charge is 0.310 e. The number of hydrogen-bond acceptors (Lipinski definition) is 2. The van der Waals surface area contributed by atoms with Crippen molar-refractivity contribution in [2.24, 2.45) is 0 Å². The van der Waals surface area contributed by atoms with Gasteiger partial charge < -0.3 is 9.47 Å².